The largest absolute Gasteiger partial charge is 0.485 e. The molecule has 0 bridgehead atoms. The van der Waals surface area contributed by atoms with E-state index in [2.05, 4.69) is 15.5 Å². The van der Waals surface area contributed by atoms with E-state index in [1.807, 2.05) is 55.5 Å². The lowest BCUT2D eigenvalue weighted by atomic mass is 10.2. The van der Waals surface area contributed by atoms with Crippen LogP contribution in [0.3, 0.4) is 0 Å². The van der Waals surface area contributed by atoms with Crippen molar-refractivity contribution in [3.8, 4) is 11.5 Å². The smallest absolute Gasteiger partial charge is 0.277 e. The van der Waals surface area contributed by atoms with Crippen molar-refractivity contribution in [2.75, 3.05) is 17.7 Å². The molecule has 0 aliphatic carbocycles. The minimum Gasteiger partial charge on any atom is -0.485 e. The molecule has 1 atom stereocenters. The van der Waals surface area contributed by atoms with Crippen LogP contribution in [-0.4, -0.2) is 28.5 Å². The van der Waals surface area contributed by atoms with Gasteiger partial charge < -0.3 is 19.2 Å². The Balaban J connectivity index is 1.32. The number of hydrogen-bond donors (Lipinski definition) is 1. The van der Waals surface area contributed by atoms with E-state index in [9.17, 15) is 4.79 Å². The number of carbonyl (C=O) groups excluding carboxylic acids is 1. The summed E-state index contributed by atoms with van der Waals surface area (Å²) in [4.78, 5) is 12.0. The van der Waals surface area contributed by atoms with E-state index < -0.39 is 6.10 Å². The molecule has 3 aromatic rings. The van der Waals surface area contributed by atoms with Gasteiger partial charge in [-0.2, -0.15) is 0 Å². The fourth-order valence-electron chi connectivity index (χ4n) is 2.51. The van der Waals surface area contributed by atoms with E-state index in [0.717, 1.165) is 11.3 Å². The lowest BCUT2D eigenvalue weighted by molar-refractivity contribution is -0.113. The van der Waals surface area contributed by atoms with E-state index in [-0.39, 0.29) is 18.3 Å². The summed E-state index contributed by atoms with van der Waals surface area (Å²) in [5, 5.41) is 11.1. The predicted molar refractivity (Wildman–Crippen MR) is 100 cm³/mol. The van der Waals surface area contributed by atoms with Gasteiger partial charge in [-0.15, -0.1) is 10.2 Å². The lowest BCUT2D eigenvalue weighted by Gasteiger charge is -2.23. The molecular weight excluding hydrogens is 366 g/mol. The number of nitrogens with one attached hydrogen (secondary N) is 1. The zero-order valence-electron chi connectivity index (χ0n) is 14.5. The Labute approximate surface area is 160 Å². The third kappa shape index (κ3) is 4.22. The van der Waals surface area contributed by atoms with Crippen molar-refractivity contribution in [2.24, 2.45) is 0 Å². The Bertz CT molecular complexity index is 942. The van der Waals surface area contributed by atoms with Gasteiger partial charge in [0.05, 0.1) is 5.75 Å². The number of para-hydroxylation sites is 2. The Morgan fingerprint density at radius 1 is 1.15 bits per heavy atom. The van der Waals surface area contributed by atoms with Gasteiger partial charge in [0.2, 0.25) is 12.0 Å². The highest BCUT2D eigenvalue weighted by Crippen LogP contribution is 2.35. The van der Waals surface area contributed by atoms with Gasteiger partial charge in [-0.25, -0.2) is 0 Å². The molecular formula is C19H17N3O4S. The van der Waals surface area contributed by atoms with E-state index >= 15 is 0 Å². The molecule has 8 heteroatoms. The lowest BCUT2D eigenvalue weighted by Crippen LogP contribution is -2.21. The SMILES string of the molecule is Cc1ccc(NC(=O)CSc2nnc([C@@H]3COc4ccccc4O3)o2)cc1. The molecule has 1 N–H and O–H groups in total. The number of carbonyl (C=O) groups is 1. The summed E-state index contributed by atoms with van der Waals surface area (Å²) in [7, 11) is 0. The fraction of sp³-hybridized carbons (Fsp3) is 0.211. The number of rotatable bonds is 5. The number of ether oxygens (including phenoxy) is 2. The second-order valence-electron chi connectivity index (χ2n) is 5.97. The summed E-state index contributed by atoms with van der Waals surface area (Å²) in [5.74, 6) is 1.68. The standard InChI is InChI=1S/C19H17N3O4S/c1-12-6-8-13(9-7-12)20-17(23)11-27-19-22-21-18(26-19)16-10-24-14-4-2-3-5-15(14)25-16/h2-9,16H,10-11H2,1H3,(H,20,23)/t16-/m0/s1. The highest BCUT2D eigenvalue weighted by Gasteiger charge is 2.27. The molecule has 0 saturated heterocycles. The highest BCUT2D eigenvalue weighted by atomic mass is 32.2. The van der Waals surface area contributed by atoms with E-state index in [0.29, 0.717) is 22.6 Å². The quantitative estimate of drug-likeness (QED) is 0.673. The topological polar surface area (TPSA) is 86.5 Å². The molecule has 0 spiro atoms. The third-order valence-electron chi connectivity index (χ3n) is 3.87. The Morgan fingerprint density at radius 2 is 1.93 bits per heavy atom. The molecule has 0 fully saturated rings. The van der Waals surface area contributed by atoms with Gasteiger partial charge in [0.1, 0.15) is 6.61 Å². The number of benzene rings is 2. The van der Waals surface area contributed by atoms with Crippen LogP contribution in [0.4, 0.5) is 5.69 Å². The van der Waals surface area contributed by atoms with Gasteiger partial charge in [-0.3, -0.25) is 4.79 Å². The average molecular weight is 383 g/mol. The van der Waals surface area contributed by atoms with Gasteiger partial charge >= 0.3 is 0 Å². The second kappa shape index (κ2) is 7.71. The maximum atomic E-state index is 12.0. The molecule has 1 aromatic heterocycles. The number of aryl methyl sites for hydroxylation is 1. The predicted octanol–water partition coefficient (Wildman–Crippen LogP) is 3.62. The minimum absolute atomic E-state index is 0.144. The number of nitrogens with zero attached hydrogens (tertiary/aromatic N) is 2. The maximum Gasteiger partial charge on any atom is 0.277 e. The van der Waals surface area contributed by atoms with Gasteiger partial charge in [-0.05, 0) is 31.2 Å². The summed E-state index contributed by atoms with van der Waals surface area (Å²) < 4.78 is 17.1. The number of fused-ring (bicyclic) bond motifs is 1. The molecule has 0 unspecified atom stereocenters. The molecule has 138 valence electrons. The minimum atomic E-state index is -0.469. The summed E-state index contributed by atoms with van der Waals surface area (Å²) in [6, 6.07) is 15.0. The van der Waals surface area contributed by atoms with Crippen LogP contribution in [0, 0.1) is 6.92 Å². The van der Waals surface area contributed by atoms with E-state index in [1.165, 1.54) is 11.8 Å². The van der Waals surface area contributed by atoms with Crippen molar-refractivity contribution >= 4 is 23.4 Å². The maximum absolute atomic E-state index is 12.0. The first-order chi connectivity index (χ1) is 13.2. The molecule has 1 aliphatic rings. The van der Waals surface area contributed by atoms with Crippen molar-refractivity contribution < 1.29 is 18.7 Å². The number of amides is 1. The molecule has 1 amide bonds. The van der Waals surface area contributed by atoms with Crippen molar-refractivity contribution in [1.29, 1.82) is 0 Å². The van der Waals surface area contributed by atoms with Crippen LogP contribution in [0.1, 0.15) is 17.6 Å². The molecule has 0 saturated carbocycles. The summed E-state index contributed by atoms with van der Waals surface area (Å²) in [6.45, 7) is 2.28. The Kier molecular flexibility index (Phi) is 4.97. The Morgan fingerprint density at radius 3 is 2.74 bits per heavy atom. The van der Waals surface area contributed by atoms with Crippen LogP contribution < -0.4 is 14.8 Å². The van der Waals surface area contributed by atoms with Gasteiger partial charge in [0.15, 0.2) is 11.5 Å². The van der Waals surface area contributed by atoms with Crippen molar-refractivity contribution in [3.63, 3.8) is 0 Å². The normalized spacial score (nSPS) is 15.4. The van der Waals surface area contributed by atoms with Gasteiger partial charge in [0.25, 0.3) is 11.1 Å². The summed E-state index contributed by atoms with van der Waals surface area (Å²) in [5.41, 5.74) is 1.89. The molecule has 27 heavy (non-hydrogen) atoms. The van der Waals surface area contributed by atoms with Crippen LogP contribution >= 0.6 is 11.8 Å². The molecule has 2 heterocycles. The van der Waals surface area contributed by atoms with Crippen LogP contribution in [0.5, 0.6) is 11.5 Å². The first kappa shape index (κ1) is 17.4. The van der Waals surface area contributed by atoms with E-state index in [1.54, 1.807) is 0 Å². The van der Waals surface area contributed by atoms with Crippen LogP contribution in [0.2, 0.25) is 0 Å². The first-order valence-electron chi connectivity index (χ1n) is 8.38. The zero-order valence-corrected chi connectivity index (χ0v) is 15.4. The second-order valence-corrected chi connectivity index (χ2v) is 6.90. The van der Waals surface area contributed by atoms with Gasteiger partial charge in [-0.1, -0.05) is 41.6 Å². The van der Waals surface area contributed by atoms with E-state index in [4.69, 9.17) is 13.9 Å². The monoisotopic (exact) mass is 383 g/mol. The summed E-state index contributed by atoms with van der Waals surface area (Å²) in [6.07, 6.45) is -0.469. The Hall–Kier alpha value is -3.00. The number of aromatic nitrogens is 2. The number of hydrogen-bond acceptors (Lipinski definition) is 7. The highest BCUT2D eigenvalue weighted by molar-refractivity contribution is 7.99. The number of anilines is 1. The first-order valence-corrected chi connectivity index (χ1v) is 9.37. The molecule has 0 radical (unpaired) electrons. The van der Waals surface area contributed by atoms with Crippen molar-refractivity contribution in [1.82, 2.24) is 10.2 Å². The van der Waals surface area contributed by atoms with Crippen LogP contribution in [-0.2, 0) is 4.79 Å². The fourth-order valence-corrected chi connectivity index (χ4v) is 3.08. The molecule has 7 nitrogen and oxygen atoms in total. The van der Waals surface area contributed by atoms with Gasteiger partial charge in [0, 0.05) is 5.69 Å². The average Bonchev–Trinajstić information content (AvgIpc) is 3.17. The zero-order chi connectivity index (χ0) is 18.6. The molecule has 1 aliphatic heterocycles. The van der Waals surface area contributed by atoms with Crippen LogP contribution in [0.15, 0.2) is 58.2 Å². The van der Waals surface area contributed by atoms with Crippen molar-refractivity contribution in [3.05, 3.63) is 60.0 Å². The molecule has 4 rings (SSSR count). The third-order valence-corrected chi connectivity index (χ3v) is 4.69. The molecule has 2 aromatic carbocycles. The van der Waals surface area contributed by atoms with Crippen molar-refractivity contribution in [2.45, 2.75) is 18.3 Å². The number of thioether (sulfide) groups is 1. The van der Waals surface area contributed by atoms with Crippen LogP contribution in [0.25, 0.3) is 0 Å². The summed E-state index contributed by atoms with van der Waals surface area (Å²) >= 11 is 1.17.